The minimum Gasteiger partial charge on any atom is -0.496 e. The molecule has 0 aliphatic rings. The van der Waals surface area contributed by atoms with Gasteiger partial charge in [-0.3, -0.25) is 0 Å². The van der Waals surface area contributed by atoms with E-state index in [0.717, 1.165) is 0 Å². The van der Waals surface area contributed by atoms with Gasteiger partial charge >= 0.3 is 0 Å². The van der Waals surface area contributed by atoms with Gasteiger partial charge in [0.05, 0.1) is 26.6 Å². The highest BCUT2D eigenvalue weighted by Crippen LogP contribution is 2.28. The number of hydrogen-bond donors (Lipinski definition) is 1. The van der Waals surface area contributed by atoms with Crippen LogP contribution < -0.4 is 25.2 Å². The van der Waals surface area contributed by atoms with Gasteiger partial charge in [0.25, 0.3) is 0 Å². The van der Waals surface area contributed by atoms with Crippen molar-refractivity contribution in [3.05, 3.63) is 29.8 Å². The van der Waals surface area contributed by atoms with Crippen LogP contribution in [0.4, 0.5) is 10.3 Å². The quantitative estimate of drug-likeness (QED) is 0.838. The Morgan fingerprint density at radius 3 is 2.38 bits per heavy atom. The largest absolute Gasteiger partial charge is 0.496 e. The minimum absolute atomic E-state index is 0.0223. The summed E-state index contributed by atoms with van der Waals surface area (Å²) in [5.74, 6) is 0.605. The summed E-state index contributed by atoms with van der Waals surface area (Å²) in [6, 6.07) is 1.48. The number of aromatic nitrogens is 2. The Hall–Kier alpha value is -2.14. The molecular weight excluding hydrogens is 296 g/mol. The van der Waals surface area contributed by atoms with Crippen molar-refractivity contribution in [3.8, 4) is 17.2 Å². The van der Waals surface area contributed by atoms with Gasteiger partial charge in [0.1, 0.15) is 12.4 Å². The first-order valence-corrected chi connectivity index (χ1v) is 6.53. The summed E-state index contributed by atoms with van der Waals surface area (Å²) in [5, 5.41) is 0.562. The van der Waals surface area contributed by atoms with Crippen molar-refractivity contribution in [3.63, 3.8) is 0 Å². The van der Waals surface area contributed by atoms with E-state index in [1.165, 1.54) is 32.7 Å². The van der Waals surface area contributed by atoms with Gasteiger partial charge in [0.15, 0.2) is 17.3 Å². The predicted molar refractivity (Wildman–Crippen MR) is 79.6 cm³/mol. The number of hydrogen-bond acceptors (Lipinski definition) is 6. The van der Waals surface area contributed by atoms with Crippen molar-refractivity contribution < 1.29 is 18.6 Å². The fourth-order valence-electron chi connectivity index (χ4n) is 1.69. The number of anilines is 1. The van der Waals surface area contributed by atoms with Gasteiger partial charge in [-0.25, -0.2) is 14.4 Å². The molecule has 1 aromatic heterocycles. The first-order chi connectivity index (χ1) is 10.1. The SMILES string of the molecule is COc1cc(OC)c(P)c(COc2cnc(N)nc2)c1F. The smallest absolute Gasteiger partial charge is 0.220 e. The standard InChI is InChI=1S/C13H15FN3O3P/c1-18-9-3-10(19-2)12(21)8(11(9)14)6-20-7-4-16-13(15)17-5-7/h3-5H,6,21H2,1-2H3,(H2,15,16,17). The van der Waals surface area contributed by atoms with Crippen molar-refractivity contribution in [2.45, 2.75) is 6.61 Å². The van der Waals surface area contributed by atoms with Crippen LogP contribution in [0.25, 0.3) is 0 Å². The van der Waals surface area contributed by atoms with Gasteiger partial charge in [-0.2, -0.15) is 0 Å². The zero-order chi connectivity index (χ0) is 15.4. The molecule has 1 atom stereocenters. The van der Waals surface area contributed by atoms with Crippen LogP contribution in [0.2, 0.25) is 0 Å². The molecule has 2 N–H and O–H groups in total. The maximum atomic E-state index is 14.3. The molecule has 112 valence electrons. The van der Waals surface area contributed by atoms with Gasteiger partial charge < -0.3 is 19.9 Å². The van der Waals surface area contributed by atoms with Crippen molar-refractivity contribution in [2.75, 3.05) is 20.0 Å². The summed E-state index contributed by atoms with van der Waals surface area (Å²) in [4.78, 5) is 7.59. The number of rotatable bonds is 5. The van der Waals surface area contributed by atoms with Crippen molar-refractivity contribution in [1.29, 1.82) is 0 Å². The van der Waals surface area contributed by atoms with Crippen LogP contribution in [0, 0.1) is 5.82 Å². The van der Waals surface area contributed by atoms with Gasteiger partial charge in [-0.05, 0) is 0 Å². The monoisotopic (exact) mass is 311 g/mol. The number of nitrogen functional groups attached to an aromatic ring is 1. The molecular formula is C13H15FN3O3P. The second kappa shape index (κ2) is 6.54. The molecule has 0 aliphatic heterocycles. The Morgan fingerprint density at radius 2 is 1.81 bits per heavy atom. The average Bonchev–Trinajstić information content (AvgIpc) is 2.49. The lowest BCUT2D eigenvalue weighted by atomic mass is 10.2. The van der Waals surface area contributed by atoms with Crippen molar-refractivity contribution in [1.82, 2.24) is 9.97 Å². The molecule has 1 heterocycles. The maximum Gasteiger partial charge on any atom is 0.220 e. The molecule has 0 saturated heterocycles. The van der Waals surface area contributed by atoms with Gasteiger partial charge in [0, 0.05) is 16.9 Å². The van der Waals surface area contributed by atoms with E-state index in [9.17, 15) is 4.39 Å². The second-order valence-electron chi connectivity index (χ2n) is 4.05. The molecule has 0 radical (unpaired) electrons. The summed E-state index contributed by atoms with van der Waals surface area (Å²) < 4.78 is 29.9. The first kappa shape index (κ1) is 15.3. The Bertz CT molecular complexity index is 609. The number of nitrogens with zero attached hydrogens (tertiary/aromatic N) is 2. The van der Waals surface area contributed by atoms with Gasteiger partial charge in [0.2, 0.25) is 5.95 Å². The lowest BCUT2D eigenvalue weighted by Gasteiger charge is -2.15. The predicted octanol–water partition coefficient (Wildman–Crippen LogP) is 1.29. The van der Waals surface area contributed by atoms with E-state index in [2.05, 4.69) is 19.2 Å². The fourth-order valence-corrected chi connectivity index (χ4v) is 2.10. The Balaban J connectivity index is 2.28. The van der Waals surface area contributed by atoms with Crippen LogP contribution in [0.5, 0.6) is 17.2 Å². The molecule has 0 saturated carbocycles. The van der Waals surface area contributed by atoms with E-state index in [-0.39, 0.29) is 18.3 Å². The van der Waals surface area contributed by atoms with Crippen LogP contribution in [-0.2, 0) is 6.61 Å². The van der Waals surface area contributed by atoms with E-state index >= 15 is 0 Å². The van der Waals surface area contributed by atoms with Crippen molar-refractivity contribution >= 4 is 20.5 Å². The number of halogens is 1. The number of nitrogens with two attached hydrogens (primary N) is 1. The molecule has 1 unspecified atom stereocenters. The van der Waals surface area contributed by atoms with Crippen LogP contribution in [0.3, 0.4) is 0 Å². The normalized spacial score (nSPS) is 10.3. The maximum absolute atomic E-state index is 14.3. The Morgan fingerprint density at radius 1 is 1.19 bits per heavy atom. The first-order valence-electron chi connectivity index (χ1n) is 5.96. The van der Waals surface area contributed by atoms with E-state index in [0.29, 0.717) is 22.4 Å². The summed E-state index contributed by atoms with van der Waals surface area (Å²) >= 11 is 0. The molecule has 1 aromatic carbocycles. The third-order valence-corrected chi connectivity index (χ3v) is 3.44. The summed E-state index contributed by atoms with van der Waals surface area (Å²) in [5.41, 5.74) is 5.70. The molecule has 2 rings (SSSR count). The zero-order valence-electron chi connectivity index (χ0n) is 11.6. The number of benzene rings is 1. The highest BCUT2D eigenvalue weighted by atomic mass is 31.0. The number of ether oxygens (including phenoxy) is 3. The summed E-state index contributed by atoms with van der Waals surface area (Å²) in [6.45, 7) is -0.0223. The highest BCUT2D eigenvalue weighted by molar-refractivity contribution is 7.28. The molecule has 0 aliphatic carbocycles. The number of methoxy groups -OCH3 is 2. The molecule has 6 nitrogen and oxygen atoms in total. The van der Waals surface area contributed by atoms with Crippen LogP contribution in [-0.4, -0.2) is 24.2 Å². The van der Waals surface area contributed by atoms with Gasteiger partial charge in [-0.1, -0.05) is 0 Å². The Labute approximate surface area is 123 Å². The fraction of sp³-hybridized carbons (Fsp3) is 0.231. The second-order valence-corrected chi connectivity index (χ2v) is 4.63. The van der Waals surface area contributed by atoms with E-state index in [4.69, 9.17) is 19.9 Å². The minimum atomic E-state index is -0.500. The third-order valence-electron chi connectivity index (χ3n) is 2.81. The van der Waals surface area contributed by atoms with Crippen LogP contribution in [0.15, 0.2) is 18.5 Å². The molecule has 0 spiro atoms. The molecule has 8 heteroatoms. The lowest BCUT2D eigenvalue weighted by molar-refractivity contribution is 0.293. The Kier molecular flexibility index (Phi) is 4.75. The summed E-state index contributed by atoms with van der Waals surface area (Å²) in [6.07, 6.45) is 2.83. The summed E-state index contributed by atoms with van der Waals surface area (Å²) in [7, 11) is 5.32. The van der Waals surface area contributed by atoms with Crippen LogP contribution >= 0.6 is 9.24 Å². The zero-order valence-corrected chi connectivity index (χ0v) is 12.7. The van der Waals surface area contributed by atoms with E-state index in [1.54, 1.807) is 0 Å². The van der Waals surface area contributed by atoms with Gasteiger partial charge in [-0.15, -0.1) is 9.24 Å². The molecule has 0 fully saturated rings. The lowest BCUT2D eigenvalue weighted by Crippen LogP contribution is -2.13. The van der Waals surface area contributed by atoms with Crippen molar-refractivity contribution in [2.24, 2.45) is 0 Å². The van der Waals surface area contributed by atoms with E-state index < -0.39 is 5.82 Å². The molecule has 2 aromatic rings. The van der Waals surface area contributed by atoms with Crippen LogP contribution in [0.1, 0.15) is 5.56 Å². The third kappa shape index (κ3) is 3.31. The molecule has 0 amide bonds. The average molecular weight is 311 g/mol. The van der Waals surface area contributed by atoms with E-state index in [1.807, 2.05) is 0 Å². The molecule has 0 bridgehead atoms. The topological polar surface area (TPSA) is 79.5 Å². The molecule has 21 heavy (non-hydrogen) atoms. The highest BCUT2D eigenvalue weighted by Gasteiger charge is 2.17.